The third kappa shape index (κ3) is 2.75. The third-order valence-electron chi connectivity index (χ3n) is 3.65. The average Bonchev–Trinajstić information content (AvgIpc) is 3.07. The van der Waals surface area contributed by atoms with E-state index in [1.807, 2.05) is 0 Å². The number of aryl methyl sites for hydroxylation is 1. The molecule has 0 aliphatic carbocycles. The Morgan fingerprint density at radius 1 is 1.55 bits per heavy atom. The maximum atomic E-state index is 6.03. The van der Waals surface area contributed by atoms with Gasteiger partial charge < -0.3 is 10.1 Å². The fourth-order valence-corrected chi connectivity index (χ4v) is 3.72. The largest absolute Gasteiger partial charge is 0.376 e. The first-order valence-corrected chi connectivity index (χ1v) is 8.21. The number of fused-ring (bicyclic) bond motifs is 1. The van der Waals surface area contributed by atoms with Crippen molar-refractivity contribution in [3.63, 3.8) is 0 Å². The van der Waals surface area contributed by atoms with Crippen molar-refractivity contribution in [2.24, 2.45) is 0 Å². The Balaban J connectivity index is 1.91. The van der Waals surface area contributed by atoms with E-state index in [4.69, 9.17) is 16.3 Å². The van der Waals surface area contributed by atoms with Gasteiger partial charge in [0.2, 0.25) is 5.28 Å². The van der Waals surface area contributed by atoms with Crippen LogP contribution in [-0.4, -0.2) is 28.7 Å². The van der Waals surface area contributed by atoms with Gasteiger partial charge in [0.05, 0.1) is 17.5 Å². The lowest BCUT2D eigenvalue weighted by atomic mass is 10.1. The van der Waals surface area contributed by atoms with Crippen LogP contribution in [-0.2, 0) is 11.2 Å². The van der Waals surface area contributed by atoms with Gasteiger partial charge in [-0.2, -0.15) is 0 Å². The first kappa shape index (κ1) is 14.0. The maximum absolute atomic E-state index is 6.03. The maximum Gasteiger partial charge on any atom is 0.225 e. The predicted octanol–water partition coefficient (Wildman–Crippen LogP) is 3.89. The summed E-state index contributed by atoms with van der Waals surface area (Å²) in [5.41, 5.74) is 0. The van der Waals surface area contributed by atoms with Crippen LogP contribution in [0, 0.1) is 0 Å². The molecule has 4 nitrogen and oxygen atoms in total. The topological polar surface area (TPSA) is 47.0 Å². The lowest BCUT2D eigenvalue weighted by Crippen LogP contribution is -2.30. The summed E-state index contributed by atoms with van der Waals surface area (Å²) in [6.45, 7) is 5.13. The van der Waals surface area contributed by atoms with Gasteiger partial charge in [0.25, 0.3) is 0 Å². The summed E-state index contributed by atoms with van der Waals surface area (Å²) in [4.78, 5) is 10.9. The van der Waals surface area contributed by atoms with Gasteiger partial charge in [-0.25, -0.2) is 9.97 Å². The van der Waals surface area contributed by atoms with Crippen LogP contribution < -0.4 is 5.32 Å². The molecule has 20 heavy (non-hydrogen) atoms. The highest BCUT2D eigenvalue weighted by Crippen LogP contribution is 2.31. The molecule has 3 rings (SSSR count). The summed E-state index contributed by atoms with van der Waals surface area (Å²) < 4.78 is 5.72. The number of nitrogens with zero attached hydrogens (tertiary/aromatic N) is 2. The monoisotopic (exact) mass is 311 g/mol. The van der Waals surface area contributed by atoms with Gasteiger partial charge in [-0.3, -0.25) is 0 Å². The van der Waals surface area contributed by atoms with Gasteiger partial charge in [-0.1, -0.05) is 6.92 Å². The molecule has 1 N–H and O–H groups in total. The highest BCUT2D eigenvalue weighted by atomic mass is 35.5. The molecule has 2 atom stereocenters. The van der Waals surface area contributed by atoms with E-state index >= 15 is 0 Å². The molecule has 0 spiro atoms. The van der Waals surface area contributed by atoms with Gasteiger partial charge in [0.15, 0.2) is 0 Å². The molecule has 1 saturated heterocycles. The number of ether oxygens (including phenoxy) is 1. The minimum absolute atomic E-state index is 0.219. The molecule has 2 aromatic heterocycles. The number of nitrogens with one attached hydrogen (secondary N) is 1. The van der Waals surface area contributed by atoms with E-state index in [1.165, 1.54) is 4.88 Å². The molecule has 0 radical (unpaired) electrons. The van der Waals surface area contributed by atoms with E-state index in [2.05, 4.69) is 35.2 Å². The number of rotatable bonds is 4. The molecule has 6 heteroatoms. The second kappa shape index (κ2) is 5.84. The van der Waals surface area contributed by atoms with E-state index in [0.29, 0.717) is 5.28 Å². The summed E-state index contributed by atoms with van der Waals surface area (Å²) in [5, 5.41) is 4.80. The normalized spacial score (nSPS) is 20.4. The van der Waals surface area contributed by atoms with Crippen molar-refractivity contribution in [1.82, 2.24) is 9.97 Å². The number of hydrogen-bond donors (Lipinski definition) is 1. The fraction of sp³-hybridized carbons (Fsp3) is 0.571. The minimum Gasteiger partial charge on any atom is -0.376 e. The van der Waals surface area contributed by atoms with Crippen LogP contribution in [0.3, 0.4) is 0 Å². The molecule has 0 bridgehead atoms. The number of thiophene rings is 1. The van der Waals surface area contributed by atoms with E-state index in [0.717, 1.165) is 41.9 Å². The molecular formula is C14H18ClN3OS. The van der Waals surface area contributed by atoms with Crippen molar-refractivity contribution in [2.75, 3.05) is 11.9 Å². The van der Waals surface area contributed by atoms with Gasteiger partial charge in [0, 0.05) is 11.5 Å². The number of aromatic nitrogens is 2. The van der Waals surface area contributed by atoms with E-state index in [1.54, 1.807) is 11.3 Å². The van der Waals surface area contributed by atoms with Crippen LogP contribution in [0.2, 0.25) is 5.28 Å². The van der Waals surface area contributed by atoms with E-state index < -0.39 is 0 Å². The fourth-order valence-electron chi connectivity index (χ4n) is 2.54. The Labute approximate surface area is 127 Å². The zero-order valence-electron chi connectivity index (χ0n) is 11.6. The van der Waals surface area contributed by atoms with E-state index in [-0.39, 0.29) is 12.1 Å². The Hall–Kier alpha value is -0.910. The molecule has 2 unspecified atom stereocenters. The lowest BCUT2D eigenvalue weighted by Gasteiger charge is -2.20. The molecule has 0 aromatic carbocycles. The van der Waals surface area contributed by atoms with Crippen molar-refractivity contribution in [2.45, 2.75) is 45.3 Å². The SMILES string of the molecule is CCc1cc2c(NC(C)C3CCCO3)nc(Cl)nc2s1. The van der Waals surface area contributed by atoms with Crippen LogP contribution in [0.25, 0.3) is 10.2 Å². The molecule has 0 amide bonds. The molecule has 3 heterocycles. The average molecular weight is 312 g/mol. The van der Waals surface area contributed by atoms with E-state index in [9.17, 15) is 0 Å². The Bertz CT molecular complexity index is 610. The molecule has 2 aromatic rings. The third-order valence-corrected chi connectivity index (χ3v) is 4.99. The van der Waals surface area contributed by atoms with Crippen LogP contribution in [0.1, 0.15) is 31.6 Å². The Kier molecular flexibility index (Phi) is 4.10. The number of halogens is 1. The van der Waals surface area contributed by atoms with Gasteiger partial charge in [-0.05, 0) is 43.9 Å². The number of hydrogen-bond acceptors (Lipinski definition) is 5. The first-order chi connectivity index (χ1) is 9.67. The second-order valence-electron chi connectivity index (χ2n) is 5.11. The van der Waals surface area contributed by atoms with Crippen molar-refractivity contribution in [1.29, 1.82) is 0 Å². The molecular weight excluding hydrogens is 294 g/mol. The van der Waals surface area contributed by atoms with Gasteiger partial charge in [-0.15, -0.1) is 11.3 Å². The van der Waals surface area contributed by atoms with Crippen molar-refractivity contribution in [3.8, 4) is 0 Å². The lowest BCUT2D eigenvalue weighted by molar-refractivity contribution is 0.0996. The zero-order chi connectivity index (χ0) is 14.1. The van der Waals surface area contributed by atoms with Gasteiger partial charge in [0.1, 0.15) is 10.6 Å². The molecule has 0 saturated carbocycles. The van der Waals surface area contributed by atoms with Crippen molar-refractivity contribution in [3.05, 3.63) is 16.2 Å². The summed E-state index contributed by atoms with van der Waals surface area (Å²) in [5.74, 6) is 0.818. The standard InChI is InChI=1S/C14H18ClN3OS/c1-3-9-7-10-12(17-14(15)18-13(10)20-9)16-8(2)11-5-4-6-19-11/h7-8,11H,3-6H2,1-2H3,(H,16,17,18). The van der Waals surface area contributed by atoms with Crippen LogP contribution >= 0.6 is 22.9 Å². The smallest absolute Gasteiger partial charge is 0.225 e. The highest BCUT2D eigenvalue weighted by molar-refractivity contribution is 7.18. The van der Waals surface area contributed by atoms with Crippen LogP contribution in [0.4, 0.5) is 5.82 Å². The first-order valence-electron chi connectivity index (χ1n) is 7.01. The molecule has 108 valence electrons. The highest BCUT2D eigenvalue weighted by Gasteiger charge is 2.23. The molecule has 1 fully saturated rings. The van der Waals surface area contributed by atoms with Crippen molar-refractivity contribution < 1.29 is 4.74 Å². The summed E-state index contributed by atoms with van der Waals surface area (Å²) in [7, 11) is 0. The minimum atomic E-state index is 0.219. The molecule has 1 aliphatic heterocycles. The molecule has 1 aliphatic rings. The van der Waals surface area contributed by atoms with Crippen LogP contribution in [0.5, 0.6) is 0 Å². The zero-order valence-corrected chi connectivity index (χ0v) is 13.2. The summed E-state index contributed by atoms with van der Waals surface area (Å²) in [6, 6.07) is 2.37. The Morgan fingerprint density at radius 3 is 3.10 bits per heavy atom. The Morgan fingerprint density at radius 2 is 2.40 bits per heavy atom. The predicted molar refractivity (Wildman–Crippen MR) is 83.9 cm³/mol. The van der Waals surface area contributed by atoms with Crippen molar-refractivity contribution >= 4 is 39.0 Å². The van der Waals surface area contributed by atoms with Crippen LogP contribution in [0.15, 0.2) is 6.07 Å². The summed E-state index contributed by atoms with van der Waals surface area (Å²) in [6.07, 6.45) is 3.48. The summed E-state index contributed by atoms with van der Waals surface area (Å²) >= 11 is 7.71. The second-order valence-corrected chi connectivity index (χ2v) is 6.56. The quantitative estimate of drug-likeness (QED) is 0.870. The van der Waals surface area contributed by atoms with Gasteiger partial charge >= 0.3 is 0 Å². The number of anilines is 1.